The van der Waals surface area contributed by atoms with E-state index >= 15 is 0 Å². The molecule has 0 saturated carbocycles. The van der Waals surface area contributed by atoms with Gasteiger partial charge in [-0.05, 0) is 48.7 Å². The normalized spacial score (nSPS) is 12.4. The summed E-state index contributed by atoms with van der Waals surface area (Å²) >= 11 is 0. The quantitative estimate of drug-likeness (QED) is 0.706. The van der Waals surface area contributed by atoms with Gasteiger partial charge in [-0.1, -0.05) is 19.9 Å². The summed E-state index contributed by atoms with van der Waals surface area (Å²) in [5.41, 5.74) is 8.65. The van der Waals surface area contributed by atoms with Crippen molar-refractivity contribution in [2.75, 3.05) is 12.8 Å². The van der Waals surface area contributed by atoms with Gasteiger partial charge in [0.25, 0.3) is 0 Å². The van der Waals surface area contributed by atoms with Gasteiger partial charge < -0.3 is 15.3 Å². The molecule has 0 atom stereocenters. The number of benzene rings is 1. The smallest absolute Gasteiger partial charge is 0.188 e. The molecule has 1 aromatic heterocycles. The first kappa shape index (κ1) is 17.6. The molecular weight excluding hydrogens is 306 g/mol. The molecule has 0 radical (unpaired) electrons. The van der Waals surface area contributed by atoms with Gasteiger partial charge in [0.05, 0.1) is 12.8 Å². The molecule has 0 fully saturated rings. The van der Waals surface area contributed by atoms with Crippen LogP contribution in [0.4, 0.5) is 5.82 Å². The minimum Gasteiger partial charge on any atom is -0.496 e. The van der Waals surface area contributed by atoms with Crippen LogP contribution in [0.1, 0.15) is 25.8 Å². The summed E-state index contributed by atoms with van der Waals surface area (Å²) < 4.78 is 5.52. The first-order chi connectivity index (χ1) is 10.6. The van der Waals surface area contributed by atoms with E-state index in [-0.39, 0.29) is 5.04 Å². The number of ether oxygens (including phenoxy) is 1. The van der Waals surface area contributed by atoms with Crippen LogP contribution in [0.2, 0.25) is 18.1 Å². The molecule has 0 aliphatic carbocycles. The topological polar surface area (TPSA) is 84.2 Å². The Morgan fingerprint density at radius 3 is 2.52 bits per heavy atom. The molecule has 0 aliphatic rings. The van der Waals surface area contributed by atoms with Crippen LogP contribution in [-0.4, -0.2) is 30.4 Å². The van der Waals surface area contributed by atoms with Crippen molar-refractivity contribution in [3.05, 3.63) is 29.8 Å². The van der Waals surface area contributed by atoms with Crippen molar-refractivity contribution in [3.8, 4) is 17.0 Å². The minimum absolute atomic E-state index is 0.0310. The Bertz CT molecular complexity index is 675. The zero-order valence-electron chi connectivity index (χ0n) is 14.6. The minimum atomic E-state index is -2.18. The highest BCUT2D eigenvalue weighted by Crippen LogP contribution is 2.40. The third-order valence-corrected chi connectivity index (χ3v) is 8.41. The molecule has 5 nitrogen and oxygen atoms in total. The van der Waals surface area contributed by atoms with Crippen LogP contribution in [-0.2, 0) is 6.42 Å². The SMILES string of the molecule is COc1cc(CCC(C)(C)[Si](C)(C)O)ccc1-c1cc(N)n[nH]1. The van der Waals surface area contributed by atoms with Gasteiger partial charge in [0.1, 0.15) is 11.6 Å². The number of aryl methyl sites for hydroxylation is 1. The van der Waals surface area contributed by atoms with E-state index in [0.717, 1.165) is 29.8 Å². The Morgan fingerprint density at radius 2 is 2.00 bits per heavy atom. The molecule has 6 heteroatoms. The maximum absolute atomic E-state index is 10.4. The fourth-order valence-electron chi connectivity index (χ4n) is 2.35. The molecule has 2 rings (SSSR count). The van der Waals surface area contributed by atoms with Crippen molar-refractivity contribution in [1.29, 1.82) is 0 Å². The number of nitrogens with zero attached hydrogens (tertiary/aromatic N) is 1. The molecule has 0 amide bonds. The zero-order valence-corrected chi connectivity index (χ0v) is 15.6. The molecule has 23 heavy (non-hydrogen) atoms. The number of aromatic amines is 1. The number of hydrogen-bond acceptors (Lipinski definition) is 4. The highest BCUT2D eigenvalue weighted by Gasteiger charge is 2.37. The number of hydrogen-bond donors (Lipinski definition) is 3. The number of nitrogens with two attached hydrogens (primary N) is 1. The van der Waals surface area contributed by atoms with Gasteiger partial charge in [0.2, 0.25) is 0 Å². The second kappa shape index (κ2) is 6.37. The molecule has 0 saturated heterocycles. The number of nitrogens with one attached hydrogen (secondary N) is 1. The van der Waals surface area contributed by atoms with E-state index in [1.165, 1.54) is 5.56 Å². The Kier molecular flexibility index (Phi) is 4.86. The lowest BCUT2D eigenvalue weighted by Crippen LogP contribution is -2.39. The first-order valence-electron chi connectivity index (χ1n) is 7.84. The predicted octanol–water partition coefficient (Wildman–Crippen LogP) is 3.58. The Hall–Kier alpha value is -1.79. The van der Waals surface area contributed by atoms with Gasteiger partial charge in [0.15, 0.2) is 8.32 Å². The lowest BCUT2D eigenvalue weighted by molar-refractivity contribution is 0.415. The van der Waals surface area contributed by atoms with Gasteiger partial charge in [-0.15, -0.1) is 0 Å². The maximum Gasteiger partial charge on any atom is 0.188 e. The summed E-state index contributed by atoms with van der Waals surface area (Å²) in [6, 6.07) is 7.96. The molecule has 0 bridgehead atoms. The molecule has 0 unspecified atom stereocenters. The summed E-state index contributed by atoms with van der Waals surface area (Å²) in [6.45, 7) is 8.30. The van der Waals surface area contributed by atoms with Crippen molar-refractivity contribution in [1.82, 2.24) is 10.2 Å². The molecule has 4 N–H and O–H groups in total. The average molecular weight is 334 g/mol. The third-order valence-electron chi connectivity index (χ3n) is 4.85. The van der Waals surface area contributed by atoms with Crippen molar-refractivity contribution in [2.45, 2.75) is 44.8 Å². The van der Waals surface area contributed by atoms with E-state index in [1.807, 2.05) is 25.2 Å². The fraction of sp³-hybridized carbons (Fsp3) is 0.471. The van der Waals surface area contributed by atoms with Crippen LogP contribution in [0, 0.1) is 0 Å². The van der Waals surface area contributed by atoms with Crippen LogP contribution in [0.5, 0.6) is 5.75 Å². The van der Waals surface area contributed by atoms with Gasteiger partial charge in [-0.25, -0.2) is 0 Å². The molecule has 0 aliphatic heterocycles. The second-order valence-electron chi connectivity index (χ2n) is 7.18. The Balaban J connectivity index is 2.20. The second-order valence-corrected chi connectivity index (χ2v) is 11.7. The maximum atomic E-state index is 10.4. The number of aromatic nitrogens is 2. The molecule has 1 aromatic carbocycles. The van der Waals surface area contributed by atoms with Gasteiger partial charge in [-0.2, -0.15) is 5.10 Å². The summed E-state index contributed by atoms with van der Waals surface area (Å²) in [4.78, 5) is 10.4. The highest BCUT2D eigenvalue weighted by atomic mass is 28.4. The number of H-pyrrole nitrogens is 1. The number of nitrogen functional groups attached to an aromatic ring is 1. The summed E-state index contributed by atoms with van der Waals surface area (Å²) in [7, 11) is -0.517. The molecule has 2 aromatic rings. The van der Waals surface area contributed by atoms with Crippen molar-refractivity contribution in [2.24, 2.45) is 0 Å². The number of rotatable bonds is 6. The molecular formula is C17H27N3O2Si. The van der Waals surface area contributed by atoms with Crippen LogP contribution < -0.4 is 10.5 Å². The van der Waals surface area contributed by atoms with Crippen molar-refractivity contribution < 1.29 is 9.53 Å². The number of anilines is 1. The van der Waals surface area contributed by atoms with E-state index < -0.39 is 8.32 Å². The standard InChI is InChI=1S/C17H27N3O2Si/c1-17(2,23(4,5)21)9-8-12-6-7-13(15(10-12)22-3)14-11-16(18)20-19-14/h6-7,10-11,21H,8-9H2,1-5H3,(H3,18,19,20). The van der Waals surface area contributed by atoms with Crippen molar-refractivity contribution >= 4 is 14.1 Å². The van der Waals surface area contributed by atoms with E-state index in [9.17, 15) is 4.80 Å². The van der Waals surface area contributed by atoms with Crippen molar-refractivity contribution in [3.63, 3.8) is 0 Å². The van der Waals surface area contributed by atoms with Crippen LogP contribution >= 0.6 is 0 Å². The monoisotopic (exact) mass is 333 g/mol. The summed E-state index contributed by atoms with van der Waals surface area (Å²) in [5, 5.41) is 6.84. The van der Waals surface area contributed by atoms with E-state index in [1.54, 1.807) is 13.2 Å². The Labute approximate surface area is 139 Å². The zero-order chi connectivity index (χ0) is 17.3. The summed E-state index contributed by atoms with van der Waals surface area (Å²) in [5.74, 6) is 1.26. The van der Waals surface area contributed by atoms with E-state index in [4.69, 9.17) is 10.5 Å². The van der Waals surface area contributed by atoms with Gasteiger partial charge >= 0.3 is 0 Å². The van der Waals surface area contributed by atoms with Crippen LogP contribution in [0.3, 0.4) is 0 Å². The summed E-state index contributed by atoms with van der Waals surface area (Å²) in [6.07, 6.45) is 1.86. The lowest BCUT2D eigenvalue weighted by Gasteiger charge is -2.35. The van der Waals surface area contributed by atoms with E-state index in [2.05, 4.69) is 30.1 Å². The predicted molar refractivity (Wildman–Crippen MR) is 97.1 cm³/mol. The largest absolute Gasteiger partial charge is 0.496 e. The highest BCUT2D eigenvalue weighted by molar-refractivity contribution is 6.72. The van der Waals surface area contributed by atoms with Crippen LogP contribution in [0.25, 0.3) is 11.3 Å². The Morgan fingerprint density at radius 1 is 1.30 bits per heavy atom. The number of methoxy groups -OCH3 is 1. The van der Waals surface area contributed by atoms with Gasteiger partial charge in [-0.3, -0.25) is 5.10 Å². The van der Waals surface area contributed by atoms with E-state index in [0.29, 0.717) is 5.82 Å². The van der Waals surface area contributed by atoms with Crippen LogP contribution in [0.15, 0.2) is 24.3 Å². The third kappa shape index (κ3) is 3.94. The van der Waals surface area contributed by atoms with Gasteiger partial charge in [0, 0.05) is 11.6 Å². The average Bonchev–Trinajstić information content (AvgIpc) is 2.90. The molecule has 126 valence electrons. The lowest BCUT2D eigenvalue weighted by atomic mass is 9.99. The molecule has 1 heterocycles. The first-order valence-corrected chi connectivity index (χ1v) is 10.8. The fourth-order valence-corrected chi connectivity index (χ4v) is 3.09. The molecule has 0 spiro atoms.